The molecule has 43 heavy (non-hydrogen) atoms. The van der Waals surface area contributed by atoms with E-state index in [-0.39, 0.29) is 0 Å². The molecule has 2 aromatic heterocycles. The fraction of sp³-hybridized carbons (Fsp3) is 0.0244. The van der Waals surface area contributed by atoms with Crippen molar-refractivity contribution in [3.63, 3.8) is 0 Å². The summed E-state index contributed by atoms with van der Waals surface area (Å²) in [6.07, 6.45) is 5.57. The first-order valence-electron chi connectivity index (χ1n) is 14.6. The number of aryl methyl sites for hydroxylation is 1. The number of hydrogen-bond acceptors (Lipinski definition) is 2. The van der Waals surface area contributed by atoms with Crippen LogP contribution in [0.1, 0.15) is 5.56 Å². The molecule has 0 aliphatic heterocycles. The van der Waals surface area contributed by atoms with Gasteiger partial charge in [-0.05, 0) is 96.9 Å². The van der Waals surface area contributed by atoms with E-state index < -0.39 is 0 Å². The molecule has 0 fully saturated rings. The molecular weight excluding hydrogens is 520 g/mol. The molecule has 0 saturated carbocycles. The predicted octanol–water partition coefficient (Wildman–Crippen LogP) is 10.9. The highest BCUT2D eigenvalue weighted by molar-refractivity contribution is 6.22. The van der Waals surface area contributed by atoms with Gasteiger partial charge in [0.15, 0.2) is 0 Å². The Labute approximate surface area is 251 Å². The molecule has 0 aliphatic carbocycles. The second-order valence-corrected chi connectivity index (χ2v) is 11.1. The molecule has 0 N–H and O–H groups in total. The quantitative estimate of drug-likeness (QED) is 0.204. The van der Waals surface area contributed by atoms with Crippen LogP contribution in [0.25, 0.3) is 77.0 Å². The van der Waals surface area contributed by atoms with Crippen molar-refractivity contribution in [3.8, 4) is 44.6 Å². The first-order valence-corrected chi connectivity index (χ1v) is 14.6. The van der Waals surface area contributed by atoms with Crippen LogP contribution >= 0.6 is 0 Å². The average Bonchev–Trinajstić information content (AvgIpc) is 3.07. The van der Waals surface area contributed by atoms with Gasteiger partial charge in [-0.15, -0.1) is 0 Å². The summed E-state index contributed by atoms with van der Waals surface area (Å²) >= 11 is 0. The van der Waals surface area contributed by atoms with Crippen LogP contribution in [0.3, 0.4) is 0 Å². The molecule has 2 nitrogen and oxygen atoms in total. The van der Waals surface area contributed by atoms with Crippen LogP contribution in [0.2, 0.25) is 0 Å². The number of aromatic nitrogens is 2. The zero-order valence-corrected chi connectivity index (χ0v) is 23.8. The summed E-state index contributed by atoms with van der Waals surface area (Å²) in [6.45, 7) is 2.22. The van der Waals surface area contributed by atoms with Crippen molar-refractivity contribution in [2.24, 2.45) is 0 Å². The van der Waals surface area contributed by atoms with Crippen molar-refractivity contribution in [2.75, 3.05) is 0 Å². The summed E-state index contributed by atoms with van der Waals surface area (Å²) in [6, 6.07) is 48.2. The molecule has 6 aromatic carbocycles. The summed E-state index contributed by atoms with van der Waals surface area (Å²) < 4.78 is 0. The van der Waals surface area contributed by atoms with Gasteiger partial charge in [-0.1, -0.05) is 109 Å². The lowest BCUT2D eigenvalue weighted by atomic mass is 9.84. The van der Waals surface area contributed by atoms with Crippen molar-refractivity contribution in [1.29, 1.82) is 0 Å². The maximum absolute atomic E-state index is 4.75. The van der Waals surface area contributed by atoms with Crippen LogP contribution in [0.5, 0.6) is 0 Å². The number of pyridine rings is 2. The van der Waals surface area contributed by atoms with Gasteiger partial charge < -0.3 is 0 Å². The van der Waals surface area contributed by atoms with E-state index in [1.54, 1.807) is 12.4 Å². The molecule has 8 rings (SSSR count). The predicted molar refractivity (Wildman–Crippen MR) is 181 cm³/mol. The Bertz CT molecular complexity index is 2230. The summed E-state index contributed by atoms with van der Waals surface area (Å²) in [4.78, 5) is 8.87. The second kappa shape index (κ2) is 10.3. The molecular formula is C41H28N2. The highest BCUT2D eigenvalue weighted by Gasteiger charge is 2.18. The first kappa shape index (κ1) is 25.1. The summed E-state index contributed by atoms with van der Waals surface area (Å²) in [5.74, 6) is 0. The van der Waals surface area contributed by atoms with Gasteiger partial charge in [-0.2, -0.15) is 0 Å². The summed E-state index contributed by atoms with van der Waals surface area (Å²) in [7, 11) is 0. The molecule has 8 aromatic rings. The number of rotatable bonds is 4. The van der Waals surface area contributed by atoms with Gasteiger partial charge in [0.25, 0.3) is 0 Å². The minimum atomic E-state index is 0.948. The third-order valence-corrected chi connectivity index (χ3v) is 8.54. The van der Waals surface area contributed by atoms with Gasteiger partial charge in [0.1, 0.15) is 0 Å². The zero-order valence-electron chi connectivity index (χ0n) is 23.8. The fourth-order valence-corrected chi connectivity index (χ4v) is 6.46. The monoisotopic (exact) mass is 548 g/mol. The van der Waals surface area contributed by atoms with Crippen LogP contribution in [-0.2, 0) is 0 Å². The van der Waals surface area contributed by atoms with E-state index in [0.717, 1.165) is 22.4 Å². The van der Waals surface area contributed by atoms with E-state index in [9.17, 15) is 0 Å². The number of benzene rings is 6. The molecule has 0 amide bonds. The first-order chi connectivity index (χ1) is 21.2. The molecule has 0 radical (unpaired) electrons. The lowest BCUT2D eigenvalue weighted by Crippen LogP contribution is -1.93. The molecule has 2 heteroatoms. The SMILES string of the molecule is Cc1cc(-c2ccc(-c3ccncc3)nc2)ccc1-c1c2ccccc2c(-c2ccc3ccccc3c2)c2ccccc12. The van der Waals surface area contributed by atoms with Crippen LogP contribution in [-0.4, -0.2) is 9.97 Å². The van der Waals surface area contributed by atoms with E-state index >= 15 is 0 Å². The second-order valence-electron chi connectivity index (χ2n) is 11.1. The summed E-state index contributed by atoms with van der Waals surface area (Å²) in [5.41, 5.74) is 10.6. The Morgan fingerprint density at radius 2 is 1.05 bits per heavy atom. The minimum Gasteiger partial charge on any atom is -0.265 e. The van der Waals surface area contributed by atoms with Crippen LogP contribution in [0.4, 0.5) is 0 Å². The third-order valence-electron chi connectivity index (χ3n) is 8.54. The van der Waals surface area contributed by atoms with Crippen molar-refractivity contribution in [2.45, 2.75) is 6.92 Å². The molecule has 0 saturated heterocycles. The highest BCUT2D eigenvalue weighted by atomic mass is 14.7. The Morgan fingerprint density at radius 1 is 0.442 bits per heavy atom. The highest BCUT2D eigenvalue weighted by Crippen LogP contribution is 2.45. The Balaban J connectivity index is 1.29. The minimum absolute atomic E-state index is 0.948. The molecule has 2 heterocycles. The van der Waals surface area contributed by atoms with E-state index in [1.807, 2.05) is 18.3 Å². The molecule has 0 spiro atoms. The Kier molecular flexibility index (Phi) is 6.05. The van der Waals surface area contributed by atoms with Crippen LogP contribution in [0.15, 0.2) is 152 Å². The molecule has 0 bridgehead atoms. The third kappa shape index (κ3) is 4.36. The lowest BCUT2D eigenvalue weighted by molar-refractivity contribution is 1.29. The van der Waals surface area contributed by atoms with E-state index in [0.29, 0.717) is 0 Å². The van der Waals surface area contributed by atoms with Gasteiger partial charge in [0, 0.05) is 29.7 Å². The molecule has 0 atom stereocenters. The average molecular weight is 549 g/mol. The van der Waals surface area contributed by atoms with Crippen molar-refractivity contribution < 1.29 is 0 Å². The van der Waals surface area contributed by atoms with E-state index in [1.165, 1.54) is 60.1 Å². The number of nitrogens with zero attached hydrogens (tertiary/aromatic N) is 2. The van der Waals surface area contributed by atoms with Gasteiger partial charge in [-0.25, -0.2) is 0 Å². The normalized spacial score (nSPS) is 11.4. The van der Waals surface area contributed by atoms with E-state index in [2.05, 4.69) is 133 Å². The molecule has 0 unspecified atom stereocenters. The van der Waals surface area contributed by atoms with Crippen molar-refractivity contribution in [3.05, 3.63) is 158 Å². The maximum atomic E-state index is 4.75. The van der Waals surface area contributed by atoms with Crippen molar-refractivity contribution >= 4 is 32.3 Å². The van der Waals surface area contributed by atoms with Gasteiger partial charge in [0.2, 0.25) is 0 Å². The van der Waals surface area contributed by atoms with Crippen LogP contribution < -0.4 is 0 Å². The molecule has 0 aliphatic rings. The Hall–Kier alpha value is -5.60. The van der Waals surface area contributed by atoms with Crippen molar-refractivity contribution in [1.82, 2.24) is 9.97 Å². The largest absolute Gasteiger partial charge is 0.265 e. The smallest absolute Gasteiger partial charge is 0.0703 e. The molecule has 202 valence electrons. The Morgan fingerprint density at radius 3 is 1.70 bits per heavy atom. The van der Waals surface area contributed by atoms with Gasteiger partial charge in [-0.3, -0.25) is 9.97 Å². The maximum Gasteiger partial charge on any atom is 0.0703 e. The standard InChI is InChI=1S/C41H28N2/c1-27-24-31(33-17-19-39(43-26-33)29-20-22-42-23-21-29)16-18-34(27)41-37-12-6-4-10-35(37)40(36-11-5-7-13-38(36)41)32-15-14-28-8-2-3-9-30(28)25-32/h2-26H,1H3. The number of hydrogen-bond donors (Lipinski definition) is 0. The topological polar surface area (TPSA) is 25.8 Å². The fourth-order valence-electron chi connectivity index (χ4n) is 6.46. The van der Waals surface area contributed by atoms with Crippen LogP contribution in [0, 0.1) is 6.92 Å². The number of fused-ring (bicyclic) bond motifs is 3. The summed E-state index contributed by atoms with van der Waals surface area (Å²) in [5, 5.41) is 7.59. The van der Waals surface area contributed by atoms with E-state index in [4.69, 9.17) is 4.98 Å². The van der Waals surface area contributed by atoms with Gasteiger partial charge >= 0.3 is 0 Å². The lowest BCUT2D eigenvalue weighted by Gasteiger charge is -2.19. The van der Waals surface area contributed by atoms with Gasteiger partial charge in [0.05, 0.1) is 5.69 Å². The zero-order chi connectivity index (χ0) is 28.8.